The van der Waals surface area contributed by atoms with E-state index in [-0.39, 0.29) is 18.4 Å². The average molecular weight is 289 g/mol. The highest BCUT2D eigenvalue weighted by molar-refractivity contribution is 5.99. The summed E-state index contributed by atoms with van der Waals surface area (Å²) >= 11 is 0. The number of hydrogen-bond acceptors (Lipinski definition) is 3. The summed E-state index contributed by atoms with van der Waals surface area (Å²) in [6.07, 6.45) is 2.24. The third-order valence-corrected chi connectivity index (χ3v) is 3.84. The van der Waals surface area contributed by atoms with E-state index in [1.165, 1.54) is 0 Å². The molecule has 1 aromatic rings. The van der Waals surface area contributed by atoms with Gasteiger partial charge < -0.3 is 15.1 Å². The normalized spacial score (nSPS) is 14.6. The van der Waals surface area contributed by atoms with Gasteiger partial charge in [0.1, 0.15) is 6.54 Å². The zero-order valence-corrected chi connectivity index (χ0v) is 12.8. The third kappa shape index (κ3) is 3.82. The summed E-state index contributed by atoms with van der Waals surface area (Å²) in [4.78, 5) is 27.9. The summed E-state index contributed by atoms with van der Waals surface area (Å²) in [6, 6.07) is 7.86. The number of nitrogens with zero attached hydrogens (tertiary/aromatic N) is 2. The van der Waals surface area contributed by atoms with Crippen LogP contribution in [-0.4, -0.2) is 50.4 Å². The summed E-state index contributed by atoms with van der Waals surface area (Å²) in [6.45, 7) is 1.50. The Morgan fingerprint density at radius 1 is 1.33 bits per heavy atom. The van der Waals surface area contributed by atoms with Crippen LogP contribution in [0.15, 0.2) is 24.3 Å². The molecular weight excluding hydrogens is 266 g/mol. The quantitative estimate of drug-likeness (QED) is 0.881. The van der Waals surface area contributed by atoms with E-state index in [0.717, 1.165) is 30.6 Å². The van der Waals surface area contributed by atoms with Crippen molar-refractivity contribution >= 4 is 17.5 Å². The number of para-hydroxylation sites is 1. The fourth-order valence-electron chi connectivity index (χ4n) is 2.52. The van der Waals surface area contributed by atoms with E-state index in [2.05, 4.69) is 5.32 Å². The summed E-state index contributed by atoms with van der Waals surface area (Å²) in [5.74, 6) is 0.00520. The molecule has 1 N–H and O–H groups in total. The zero-order chi connectivity index (χ0) is 15.2. The maximum Gasteiger partial charge on any atom is 0.242 e. The van der Waals surface area contributed by atoms with Crippen molar-refractivity contribution in [2.24, 2.45) is 0 Å². The smallest absolute Gasteiger partial charge is 0.242 e. The van der Waals surface area contributed by atoms with Crippen molar-refractivity contribution in [1.29, 1.82) is 0 Å². The number of aryl methyl sites for hydroxylation is 1. The van der Waals surface area contributed by atoms with Gasteiger partial charge in [-0.15, -0.1) is 0 Å². The molecule has 1 aliphatic heterocycles. The van der Waals surface area contributed by atoms with Gasteiger partial charge >= 0.3 is 0 Å². The molecular formula is C16H23N3O2. The second-order valence-corrected chi connectivity index (χ2v) is 5.38. The van der Waals surface area contributed by atoms with Gasteiger partial charge in [0, 0.05) is 32.2 Å². The van der Waals surface area contributed by atoms with Crippen molar-refractivity contribution in [1.82, 2.24) is 10.2 Å². The van der Waals surface area contributed by atoms with E-state index in [9.17, 15) is 9.59 Å². The molecule has 21 heavy (non-hydrogen) atoms. The predicted octanol–water partition coefficient (Wildman–Crippen LogP) is 1.03. The Morgan fingerprint density at radius 2 is 2.10 bits per heavy atom. The SMILES string of the molecule is CNCCN(C)C(=O)CN1C(=O)CCCc2ccccc21. The topological polar surface area (TPSA) is 52.7 Å². The highest BCUT2D eigenvalue weighted by Crippen LogP contribution is 2.26. The highest BCUT2D eigenvalue weighted by Gasteiger charge is 2.24. The minimum absolute atomic E-state index is 0.0321. The first-order chi connectivity index (χ1) is 10.1. The maximum absolute atomic E-state index is 12.3. The number of carbonyl (C=O) groups excluding carboxylic acids is 2. The van der Waals surface area contributed by atoms with Crippen LogP contribution in [0, 0.1) is 0 Å². The van der Waals surface area contributed by atoms with Gasteiger partial charge in [0.25, 0.3) is 0 Å². The van der Waals surface area contributed by atoms with Crippen LogP contribution in [0.4, 0.5) is 5.69 Å². The van der Waals surface area contributed by atoms with Crippen molar-refractivity contribution in [3.63, 3.8) is 0 Å². The lowest BCUT2D eigenvalue weighted by atomic mass is 10.1. The van der Waals surface area contributed by atoms with Crippen molar-refractivity contribution < 1.29 is 9.59 Å². The molecule has 5 nitrogen and oxygen atoms in total. The molecule has 1 heterocycles. The Kier molecular flexibility index (Phi) is 5.33. The molecule has 0 atom stereocenters. The molecule has 1 aliphatic rings. The average Bonchev–Trinajstić information content (AvgIpc) is 2.64. The van der Waals surface area contributed by atoms with Crippen LogP contribution in [0.2, 0.25) is 0 Å². The summed E-state index contributed by atoms with van der Waals surface area (Å²) in [5.41, 5.74) is 2.03. The number of nitrogens with one attached hydrogen (secondary N) is 1. The van der Waals surface area contributed by atoms with Gasteiger partial charge in [-0.3, -0.25) is 9.59 Å². The summed E-state index contributed by atoms with van der Waals surface area (Å²) in [7, 11) is 3.63. The molecule has 2 amide bonds. The minimum Gasteiger partial charge on any atom is -0.343 e. The Hall–Kier alpha value is -1.88. The van der Waals surface area contributed by atoms with Crippen molar-refractivity contribution in [2.75, 3.05) is 38.6 Å². The fraction of sp³-hybridized carbons (Fsp3) is 0.500. The molecule has 0 unspecified atom stereocenters. The molecule has 0 bridgehead atoms. The van der Waals surface area contributed by atoms with Crippen LogP contribution in [0.3, 0.4) is 0 Å². The fourth-order valence-corrected chi connectivity index (χ4v) is 2.52. The van der Waals surface area contributed by atoms with Crippen LogP contribution >= 0.6 is 0 Å². The van der Waals surface area contributed by atoms with Crippen LogP contribution in [0.1, 0.15) is 18.4 Å². The number of rotatable bonds is 5. The number of anilines is 1. The first-order valence-corrected chi connectivity index (χ1v) is 7.40. The molecule has 0 aromatic heterocycles. The molecule has 0 aliphatic carbocycles. The largest absolute Gasteiger partial charge is 0.343 e. The summed E-state index contributed by atoms with van der Waals surface area (Å²) < 4.78 is 0. The Morgan fingerprint density at radius 3 is 2.86 bits per heavy atom. The molecule has 0 saturated heterocycles. The van der Waals surface area contributed by atoms with Crippen LogP contribution in [0.25, 0.3) is 0 Å². The molecule has 0 saturated carbocycles. The van der Waals surface area contributed by atoms with Gasteiger partial charge in [0.15, 0.2) is 0 Å². The number of carbonyl (C=O) groups is 2. The maximum atomic E-state index is 12.3. The number of hydrogen-bond donors (Lipinski definition) is 1. The van der Waals surface area contributed by atoms with Gasteiger partial charge in [-0.1, -0.05) is 18.2 Å². The predicted molar refractivity (Wildman–Crippen MR) is 83.3 cm³/mol. The molecule has 114 valence electrons. The van der Waals surface area contributed by atoms with Crippen molar-refractivity contribution in [3.8, 4) is 0 Å². The Bertz CT molecular complexity index is 516. The lowest BCUT2D eigenvalue weighted by molar-refractivity contribution is -0.130. The van der Waals surface area contributed by atoms with Crippen molar-refractivity contribution in [2.45, 2.75) is 19.3 Å². The van der Waals surface area contributed by atoms with Gasteiger partial charge in [0.05, 0.1) is 0 Å². The highest BCUT2D eigenvalue weighted by atomic mass is 16.2. The van der Waals surface area contributed by atoms with E-state index in [4.69, 9.17) is 0 Å². The van der Waals surface area contributed by atoms with Crippen LogP contribution in [-0.2, 0) is 16.0 Å². The standard InChI is InChI=1S/C16H23N3O2/c1-17-10-11-18(2)16(21)12-19-14-8-4-3-6-13(14)7-5-9-15(19)20/h3-4,6,8,17H,5,7,9-12H2,1-2H3. The first kappa shape index (κ1) is 15.5. The number of fused-ring (bicyclic) bond motifs is 1. The van der Waals surface area contributed by atoms with Crippen LogP contribution in [0.5, 0.6) is 0 Å². The number of likely N-dealkylation sites (N-methyl/N-ethyl adjacent to an activating group) is 2. The Labute approximate surface area is 125 Å². The van der Waals surface area contributed by atoms with E-state index >= 15 is 0 Å². The van der Waals surface area contributed by atoms with E-state index in [1.54, 1.807) is 16.8 Å². The van der Waals surface area contributed by atoms with E-state index < -0.39 is 0 Å². The first-order valence-electron chi connectivity index (χ1n) is 7.40. The molecule has 0 radical (unpaired) electrons. The lowest BCUT2D eigenvalue weighted by Crippen LogP contribution is -2.43. The molecule has 0 spiro atoms. The van der Waals surface area contributed by atoms with Crippen molar-refractivity contribution in [3.05, 3.63) is 29.8 Å². The molecule has 1 aromatic carbocycles. The van der Waals surface area contributed by atoms with E-state index in [0.29, 0.717) is 13.0 Å². The third-order valence-electron chi connectivity index (χ3n) is 3.84. The van der Waals surface area contributed by atoms with Gasteiger partial charge in [0.2, 0.25) is 11.8 Å². The van der Waals surface area contributed by atoms with Gasteiger partial charge in [-0.25, -0.2) is 0 Å². The number of benzene rings is 1. The van der Waals surface area contributed by atoms with Crippen LogP contribution < -0.4 is 10.2 Å². The molecule has 5 heteroatoms. The lowest BCUT2D eigenvalue weighted by Gasteiger charge is -2.25. The number of amides is 2. The summed E-state index contributed by atoms with van der Waals surface area (Å²) in [5, 5.41) is 3.02. The molecule has 2 rings (SSSR count). The van der Waals surface area contributed by atoms with Gasteiger partial charge in [-0.05, 0) is 31.5 Å². The minimum atomic E-state index is -0.0321. The zero-order valence-electron chi connectivity index (χ0n) is 12.8. The second-order valence-electron chi connectivity index (χ2n) is 5.38. The van der Waals surface area contributed by atoms with Gasteiger partial charge in [-0.2, -0.15) is 0 Å². The monoisotopic (exact) mass is 289 g/mol. The Balaban J connectivity index is 2.13. The second kappa shape index (κ2) is 7.22. The molecule has 0 fully saturated rings. The van der Waals surface area contributed by atoms with E-state index in [1.807, 2.05) is 31.3 Å².